The number of halogens is 3. The average molecular weight is 241 g/mol. The average Bonchev–Trinajstić information content (AvgIpc) is 2.26. The van der Waals surface area contributed by atoms with E-state index in [2.05, 4.69) is 4.98 Å². The smallest absolute Gasteiger partial charge is 0.166 e. The van der Waals surface area contributed by atoms with Gasteiger partial charge in [-0.3, -0.25) is 0 Å². The lowest BCUT2D eigenvalue weighted by Crippen LogP contribution is -1.96. The second-order valence-corrected chi connectivity index (χ2v) is 3.62. The molecule has 2 aromatic rings. The minimum absolute atomic E-state index is 0.0486. The fourth-order valence-electron chi connectivity index (χ4n) is 1.38. The number of hydrogen-bond acceptors (Lipinski definition) is 2. The molecule has 0 saturated carbocycles. The number of anilines is 1. The predicted molar refractivity (Wildman–Crippen MR) is 59.0 cm³/mol. The van der Waals surface area contributed by atoms with Crippen molar-refractivity contribution < 1.29 is 8.78 Å². The number of hydrogen-bond donors (Lipinski definition) is 1. The molecule has 0 amide bonds. The third kappa shape index (κ3) is 1.84. The maximum Gasteiger partial charge on any atom is 0.166 e. The van der Waals surface area contributed by atoms with Crippen LogP contribution in [0, 0.1) is 11.6 Å². The van der Waals surface area contributed by atoms with Crippen LogP contribution in [0.2, 0.25) is 5.02 Å². The molecule has 1 heterocycles. The van der Waals surface area contributed by atoms with E-state index in [0.29, 0.717) is 5.02 Å². The van der Waals surface area contributed by atoms with Crippen LogP contribution in [0.3, 0.4) is 0 Å². The van der Waals surface area contributed by atoms with Gasteiger partial charge in [-0.25, -0.2) is 13.8 Å². The van der Waals surface area contributed by atoms with E-state index in [9.17, 15) is 8.78 Å². The zero-order valence-corrected chi connectivity index (χ0v) is 8.80. The second-order valence-electron chi connectivity index (χ2n) is 3.19. The van der Waals surface area contributed by atoms with Crippen molar-refractivity contribution in [2.75, 3.05) is 5.73 Å². The Hall–Kier alpha value is -1.68. The first-order chi connectivity index (χ1) is 7.59. The van der Waals surface area contributed by atoms with E-state index in [1.165, 1.54) is 24.4 Å². The molecule has 0 fully saturated rings. The van der Waals surface area contributed by atoms with E-state index in [-0.39, 0.29) is 16.9 Å². The summed E-state index contributed by atoms with van der Waals surface area (Å²) in [4.78, 5) is 3.78. The number of rotatable bonds is 1. The van der Waals surface area contributed by atoms with Crippen molar-refractivity contribution in [3.8, 4) is 11.1 Å². The van der Waals surface area contributed by atoms with Crippen LogP contribution in [0.1, 0.15) is 0 Å². The van der Waals surface area contributed by atoms with Crippen molar-refractivity contribution in [1.82, 2.24) is 4.98 Å². The van der Waals surface area contributed by atoms with E-state index in [1.807, 2.05) is 0 Å². The molecule has 0 aliphatic rings. The van der Waals surface area contributed by atoms with Gasteiger partial charge in [-0.05, 0) is 12.1 Å². The molecular formula is C11H7ClF2N2. The van der Waals surface area contributed by atoms with E-state index in [0.717, 1.165) is 6.07 Å². The molecule has 2 N–H and O–H groups in total. The third-order valence-electron chi connectivity index (χ3n) is 2.13. The molecule has 82 valence electrons. The third-order valence-corrected chi connectivity index (χ3v) is 2.33. The first kappa shape index (κ1) is 10.8. The number of pyridine rings is 1. The highest BCUT2D eigenvalue weighted by Crippen LogP contribution is 2.29. The van der Waals surface area contributed by atoms with Crippen molar-refractivity contribution in [2.24, 2.45) is 0 Å². The zero-order valence-electron chi connectivity index (χ0n) is 8.05. The lowest BCUT2D eigenvalue weighted by molar-refractivity contribution is 0.511. The van der Waals surface area contributed by atoms with Gasteiger partial charge >= 0.3 is 0 Å². The Balaban J connectivity index is 2.67. The maximum absolute atomic E-state index is 13.5. The normalized spacial score (nSPS) is 10.4. The highest BCUT2D eigenvalue weighted by atomic mass is 35.5. The number of benzene rings is 1. The van der Waals surface area contributed by atoms with Crippen LogP contribution in [0.15, 0.2) is 30.5 Å². The molecule has 2 rings (SSSR count). The van der Waals surface area contributed by atoms with E-state index in [1.54, 1.807) is 0 Å². The highest BCUT2D eigenvalue weighted by molar-refractivity contribution is 6.30. The molecule has 0 atom stereocenters. The first-order valence-corrected chi connectivity index (χ1v) is 4.83. The highest BCUT2D eigenvalue weighted by Gasteiger charge is 2.13. The van der Waals surface area contributed by atoms with Gasteiger partial charge in [-0.1, -0.05) is 23.7 Å². The van der Waals surface area contributed by atoms with Gasteiger partial charge in [0, 0.05) is 17.3 Å². The fraction of sp³-hybridized carbons (Fsp3) is 0. The largest absolute Gasteiger partial charge is 0.383 e. The van der Waals surface area contributed by atoms with Gasteiger partial charge in [-0.15, -0.1) is 0 Å². The molecule has 2 nitrogen and oxygen atoms in total. The summed E-state index contributed by atoms with van der Waals surface area (Å²) < 4.78 is 26.5. The van der Waals surface area contributed by atoms with Crippen LogP contribution in [-0.4, -0.2) is 4.98 Å². The molecule has 16 heavy (non-hydrogen) atoms. The zero-order chi connectivity index (χ0) is 11.7. The lowest BCUT2D eigenvalue weighted by Gasteiger charge is -2.06. The van der Waals surface area contributed by atoms with Crippen molar-refractivity contribution >= 4 is 17.4 Å². The van der Waals surface area contributed by atoms with Crippen LogP contribution in [-0.2, 0) is 0 Å². The standard InChI is InChI=1S/C11H7ClF2N2/c12-6-4-8(11(15)16-5-6)7-2-1-3-9(13)10(7)14/h1-5H,(H2,15,16). The van der Waals surface area contributed by atoms with Crippen LogP contribution in [0.5, 0.6) is 0 Å². The Morgan fingerprint density at radius 2 is 1.94 bits per heavy atom. The molecule has 0 saturated heterocycles. The van der Waals surface area contributed by atoms with Crippen LogP contribution < -0.4 is 5.73 Å². The summed E-state index contributed by atoms with van der Waals surface area (Å²) in [6, 6.07) is 5.30. The molecule has 0 aliphatic carbocycles. The summed E-state index contributed by atoms with van der Waals surface area (Å²) >= 11 is 5.72. The van der Waals surface area contributed by atoms with Gasteiger partial charge in [0.15, 0.2) is 11.6 Å². The van der Waals surface area contributed by atoms with Gasteiger partial charge in [-0.2, -0.15) is 0 Å². The second kappa shape index (κ2) is 4.06. The lowest BCUT2D eigenvalue weighted by atomic mass is 10.1. The van der Waals surface area contributed by atoms with E-state index >= 15 is 0 Å². The SMILES string of the molecule is Nc1ncc(Cl)cc1-c1cccc(F)c1F. The summed E-state index contributed by atoms with van der Waals surface area (Å²) in [5.74, 6) is -1.79. The van der Waals surface area contributed by atoms with Crippen molar-refractivity contribution in [1.29, 1.82) is 0 Å². The number of nitrogens with zero attached hydrogens (tertiary/aromatic N) is 1. The van der Waals surface area contributed by atoms with Crippen molar-refractivity contribution in [2.45, 2.75) is 0 Å². The molecule has 0 radical (unpaired) electrons. The summed E-state index contributed by atoms with van der Waals surface area (Å²) in [5, 5.41) is 0.313. The quantitative estimate of drug-likeness (QED) is 0.831. The van der Waals surface area contributed by atoms with Crippen molar-refractivity contribution in [3.05, 3.63) is 47.1 Å². The topological polar surface area (TPSA) is 38.9 Å². The van der Waals surface area contributed by atoms with Crippen LogP contribution >= 0.6 is 11.6 Å². The Morgan fingerprint density at radius 1 is 1.19 bits per heavy atom. The van der Waals surface area contributed by atoms with Crippen LogP contribution in [0.4, 0.5) is 14.6 Å². The van der Waals surface area contributed by atoms with E-state index < -0.39 is 11.6 Å². The minimum atomic E-state index is -0.960. The van der Waals surface area contributed by atoms with Gasteiger partial charge < -0.3 is 5.73 Å². The number of aromatic nitrogens is 1. The summed E-state index contributed by atoms with van der Waals surface area (Å²) in [5.41, 5.74) is 5.91. The van der Waals surface area contributed by atoms with Gasteiger partial charge in [0.1, 0.15) is 5.82 Å². The maximum atomic E-state index is 13.5. The molecule has 0 bridgehead atoms. The minimum Gasteiger partial charge on any atom is -0.383 e. The number of nitrogens with two attached hydrogens (primary N) is 1. The van der Waals surface area contributed by atoms with Crippen LogP contribution in [0.25, 0.3) is 11.1 Å². The Bertz CT molecular complexity index is 544. The molecule has 0 unspecified atom stereocenters. The van der Waals surface area contributed by atoms with Gasteiger partial charge in [0.2, 0.25) is 0 Å². The molecular weight excluding hydrogens is 234 g/mol. The van der Waals surface area contributed by atoms with Crippen molar-refractivity contribution in [3.63, 3.8) is 0 Å². The molecule has 0 spiro atoms. The predicted octanol–water partition coefficient (Wildman–Crippen LogP) is 3.26. The number of nitrogen functional groups attached to an aromatic ring is 1. The molecule has 1 aromatic carbocycles. The van der Waals surface area contributed by atoms with E-state index in [4.69, 9.17) is 17.3 Å². The Morgan fingerprint density at radius 3 is 2.69 bits per heavy atom. The monoisotopic (exact) mass is 240 g/mol. The Kier molecular flexibility index (Phi) is 2.75. The molecule has 0 aliphatic heterocycles. The summed E-state index contributed by atoms with van der Waals surface area (Å²) in [6.07, 6.45) is 1.34. The summed E-state index contributed by atoms with van der Waals surface area (Å²) in [6.45, 7) is 0. The molecule has 5 heteroatoms. The summed E-state index contributed by atoms with van der Waals surface area (Å²) in [7, 11) is 0. The van der Waals surface area contributed by atoms with Gasteiger partial charge in [0.25, 0.3) is 0 Å². The first-order valence-electron chi connectivity index (χ1n) is 4.45. The van der Waals surface area contributed by atoms with Gasteiger partial charge in [0.05, 0.1) is 5.02 Å². The Labute approximate surface area is 95.7 Å². The molecule has 1 aromatic heterocycles. The fourth-order valence-corrected chi connectivity index (χ4v) is 1.54.